The maximum atomic E-state index is 11.9. The predicted octanol–water partition coefficient (Wildman–Crippen LogP) is 2.35. The first-order valence-corrected chi connectivity index (χ1v) is 12.8. The maximum Gasteiger partial charge on any atom is 0.239 e. The lowest BCUT2D eigenvalue weighted by atomic mass is 10.0. The zero-order valence-electron chi connectivity index (χ0n) is 19.4. The highest BCUT2D eigenvalue weighted by Crippen LogP contribution is 2.36. The van der Waals surface area contributed by atoms with Crippen LogP contribution < -0.4 is 30.9 Å². The van der Waals surface area contributed by atoms with Gasteiger partial charge in [0.1, 0.15) is 30.8 Å². The minimum atomic E-state index is -0.585. The molecule has 0 saturated carbocycles. The number of amides is 1. The summed E-state index contributed by atoms with van der Waals surface area (Å²) in [7, 11) is 0. The highest BCUT2D eigenvalue weighted by Gasteiger charge is 2.29. The van der Waals surface area contributed by atoms with Crippen molar-refractivity contribution >= 4 is 39.9 Å². The summed E-state index contributed by atoms with van der Waals surface area (Å²) in [6.07, 6.45) is 2.07. The van der Waals surface area contributed by atoms with Gasteiger partial charge in [-0.05, 0) is 49.1 Å². The van der Waals surface area contributed by atoms with Gasteiger partial charge >= 0.3 is 0 Å². The Morgan fingerprint density at radius 1 is 1.17 bits per heavy atom. The van der Waals surface area contributed by atoms with Crippen LogP contribution in [0.1, 0.15) is 18.4 Å². The Morgan fingerprint density at radius 2 is 1.97 bits per heavy atom. The summed E-state index contributed by atoms with van der Waals surface area (Å²) < 4.78 is 5.83. The van der Waals surface area contributed by atoms with Crippen LogP contribution in [-0.4, -0.2) is 59.8 Å². The van der Waals surface area contributed by atoms with Crippen LogP contribution in [0.15, 0.2) is 42.5 Å². The third-order valence-corrected chi connectivity index (χ3v) is 7.55. The zero-order valence-corrected chi connectivity index (χ0v) is 20.2. The average molecular weight is 496 g/mol. The van der Waals surface area contributed by atoms with Crippen LogP contribution in [0.4, 0.5) is 17.1 Å². The number of carbonyl (C=O) groups is 1. The molecule has 2 aromatic carbocycles. The minimum absolute atomic E-state index is 0.0770. The lowest BCUT2D eigenvalue weighted by Gasteiger charge is -2.34. The summed E-state index contributed by atoms with van der Waals surface area (Å²) in [5, 5.41) is 30.3. The number of aliphatic hydroxyl groups excluding tert-OH is 1. The molecular formula is C25H31N6O3S. The largest absolute Gasteiger partial charge is 0.489 e. The Balaban J connectivity index is 1.02. The standard InChI is InChI=1S/C25H31N6O3S/c26-25-30-24(33)22(35-25)12-16-4-6-18(7-5-16)31-10-8-17(9-11-31)27-13-19(32)14-34-21-3-1-2-20-23(21)29-15-28-20/h1-7,15,17,19,22,27-29,32H,8-14H2,(H2,26,30,33)/t19-,22?/m0/s1. The lowest BCUT2D eigenvalue weighted by Crippen LogP contribution is -2.45. The molecule has 3 aliphatic rings. The van der Waals surface area contributed by atoms with Crippen LogP contribution in [0.25, 0.3) is 0 Å². The van der Waals surface area contributed by atoms with Crippen molar-refractivity contribution in [1.82, 2.24) is 10.6 Å². The summed E-state index contributed by atoms with van der Waals surface area (Å²) in [5.74, 6) is 0.652. The molecule has 0 bridgehead atoms. The molecule has 1 unspecified atom stereocenters. The van der Waals surface area contributed by atoms with E-state index in [1.165, 1.54) is 17.4 Å². The molecule has 2 atom stereocenters. The number of anilines is 3. The van der Waals surface area contributed by atoms with Crippen LogP contribution in [0.5, 0.6) is 5.75 Å². The summed E-state index contributed by atoms with van der Waals surface area (Å²) in [4.78, 5) is 14.2. The zero-order chi connectivity index (χ0) is 24.2. The molecule has 6 N–H and O–H groups in total. The van der Waals surface area contributed by atoms with E-state index in [0.717, 1.165) is 48.6 Å². The second-order valence-corrected chi connectivity index (χ2v) is 10.3. The van der Waals surface area contributed by atoms with Crippen molar-refractivity contribution in [3.8, 4) is 5.75 Å². The Morgan fingerprint density at radius 3 is 2.71 bits per heavy atom. The predicted molar refractivity (Wildman–Crippen MR) is 140 cm³/mol. The molecule has 5 rings (SSSR count). The first-order valence-electron chi connectivity index (χ1n) is 12.0. The number of piperidine rings is 1. The van der Waals surface area contributed by atoms with E-state index >= 15 is 0 Å². The quantitative estimate of drug-likeness (QED) is 0.314. The number of para-hydroxylation sites is 1. The fourth-order valence-electron chi connectivity index (χ4n) is 4.60. The van der Waals surface area contributed by atoms with Crippen molar-refractivity contribution in [2.75, 3.05) is 41.8 Å². The molecule has 1 amide bonds. The molecular weight excluding hydrogens is 464 g/mol. The monoisotopic (exact) mass is 495 g/mol. The van der Waals surface area contributed by atoms with Gasteiger partial charge in [0.2, 0.25) is 5.91 Å². The minimum Gasteiger partial charge on any atom is -0.489 e. The summed E-state index contributed by atoms with van der Waals surface area (Å²) in [5.41, 5.74) is 4.16. The first-order chi connectivity index (χ1) is 17.0. The number of hydrogen-bond donors (Lipinski definition) is 6. The molecule has 3 aliphatic heterocycles. The van der Waals surface area contributed by atoms with Gasteiger partial charge in [0.25, 0.3) is 0 Å². The van der Waals surface area contributed by atoms with Gasteiger partial charge in [-0.25, -0.2) is 0 Å². The number of fused-ring (bicyclic) bond motifs is 1. The van der Waals surface area contributed by atoms with Crippen molar-refractivity contribution < 1.29 is 14.6 Å². The molecule has 0 aliphatic carbocycles. The molecule has 0 spiro atoms. The van der Waals surface area contributed by atoms with Gasteiger partial charge in [0.15, 0.2) is 5.17 Å². The van der Waals surface area contributed by atoms with Crippen LogP contribution in [-0.2, 0) is 11.2 Å². The average Bonchev–Trinajstić information content (AvgIpc) is 3.48. The number of ether oxygens (including phenoxy) is 1. The lowest BCUT2D eigenvalue weighted by molar-refractivity contribution is -0.118. The molecule has 3 heterocycles. The van der Waals surface area contributed by atoms with Crippen molar-refractivity contribution in [3.05, 3.63) is 54.7 Å². The topological polar surface area (TPSA) is 122 Å². The van der Waals surface area contributed by atoms with Crippen molar-refractivity contribution in [2.24, 2.45) is 0 Å². The molecule has 0 aromatic heterocycles. The number of carbonyl (C=O) groups excluding carboxylic acids is 1. The molecule has 2 aromatic rings. The SMILES string of the molecule is N=C1NC(=O)C(Cc2ccc(N3CCC(NC[C@H](O)COc4cccc5c4N[CH]N5)CC3)cc2)S1. The van der Waals surface area contributed by atoms with Crippen molar-refractivity contribution in [1.29, 1.82) is 5.41 Å². The molecule has 35 heavy (non-hydrogen) atoms. The number of nitrogens with one attached hydrogen (secondary N) is 5. The second kappa shape index (κ2) is 10.8. The Bertz CT molecular complexity index is 1060. The van der Waals surface area contributed by atoms with Gasteiger partial charge in [0, 0.05) is 31.4 Å². The van der Waals surface area contributed by atoms with E-state index in [-0.39, 0.29) is 22.9 Å². The third-order valence-electron chi connectivity index (χ3n) is 6.55. The fraction of sp³-hybridized carbons (Fsp3) is 0.400. The van der Waals surface area contributed by atoms with Crippen molar-refractivity contribution in [2.45, 2.75) is 36.7 Å². The number of thioether (sulfide) groups is 1. The van der Waals surface area contributed by atoms with E-state index in [1.807, 2.05) is 18.2 Å². The molecule has 10 heteroatoms. The number of benzene rings is 2. The number of hydrogen-bond acceptors (Lipinski definition) is 9. The highest BCUT2D eigenvalue weighted by atomic mass is 32.2. The van der Waals surface area contributed by atoms with E-state index < -0.39 is 6.10 Å². The van der Waals surface area contributed by atoms with Crippen LogP contribution >= 0.6 is 11.8 Å². The van der Waals surface area contributed by atoms with Crippen LogP contribution in [0.3, 0.4) is 0 Å². The van der Waals surface area contributed by atoms with Gasteiger partial charge in [-0.2, -0.15) is 0 Å². The maximum absolute atomic E-state index is 11.9. The Kier molecular flexibility index (Phi) is 7.31. The number of amidine groups is 1. The highest BCUT2D eigenvalue weighted by molar-refractivity contribution is 8.15. The van der Waals surface area contributed by atoms with E-state index in [1.54, 1.807) is 6.67 Å². The van der Waals surface area contributed by atoms with Crippen LogP contribution in [0.2, 0.25) is 0 Å². The molecule has 1 radical (unpaired) electrons. The molecule has 185 valence electrons. The Hall–Kier alpha value is -2.95. The first kappa shape index (κ1) is 23.8. The Labute approximate surface area is 209 Å². The van der Waals surface area contributed by atoms with Gasteiger partial charge in [-0.1, -0.05) is 30.0 Å². The fourth-order valence-corrected chi connectivity index (χ4v) is 5.49. The molecule has 2 fully saturated rings. The van der Waals surface area contributed by atoms with E-state index in [0.29, 0.717) is 19.0 Å². The number of nitrogens with zero attached hydrogens (tertiary/aromatic N) is 1. The van der Waals surface area contributed by atoms with E-state index in [9.17, 15) is 9.90 Å². The van der Waals surface area contributed by atoms with Gasteiger partial charge in [0.05, 0.1) is 10.9 Å². The van der Waals surface area contributed by atoms with Gasteiger partial charge in [-0.3, -0.25) is 10.2 Å². The smallest absolute Gasteiger partial charge is 0.239 e. The summed E-state index contributed by atoms with van der Waals surface area (Å²) >= 11 is 1.29. The molecule has 2 saturated heterocycles. The van der Waals surface area contributed by atoms with Crippen LogP contribution in [0, 0.1) is 12.1 Å². The van der Waals surface area contributed by atoms with E-state index in [2.05, 4.69) is 50.4 Å². The number of rotatable bonds is 9. The van der Waals surface area contributed by atoms with Crippen molar-refractivity contribution in [3.63, 3.8) is 0 Å². The van der Waals surface area contributed by atoms with Gasteiger partial charge < -0.3 is 36.0 Å². The summed E-state index contributed by atoms with van der Waals surface area (Å²) in [6, 6.07) is 14.6. The summed E-state index contributed by atoms with van der Waals surface area (Å²) in [6.45, 7) is 4.40. The van der Waals surface area contributed by atoms with E-state index in [4.69, 9.17) is 10.1 Å². The number of aliphatic hydroxyl groups is 1. The third kappa shape index (κ3) is 5.83. The molecule has 9 nitrogen and oxygen atoms in total. The normalized spacial score (nSPS) is 20.7. The second-order valence-electron chi connectivity index (χ2n) is 9.04. The van der Waals surface area contributed by atoms with Gasteiger partial charge in [-0.15, -0.1) is 0 Å².